The summed E-state index contributed by atoms with van der Waals surface area (Å²) in [6.07, 6.45) is 6.08. The molecule has 2 aliphatic rings. The number of amides is 1. The fourth-order valence-electron chi connectivity index (χ4n) is 2.27. The van der Waals surface area contributed by atoms with Crippen molar-refractivity contribution >= 4 is 11.9 Å². The minimum absolute atomic E-state index is 0.0688. The monoisotopic (exact) mass is 274 g/mol. The molecule has 0 spiro atoms. The molecule has 2 saturated carbocycles. The number of carboxylic acids is 1. The number of pyridine rings is 1. The van der Waals surface area contributed by atoms with Gasteiger partial charge in [0.1, 0.15) is 5.69 Å². The van der Waals surface area contributed by atoms with Crippen LogP contribution < -0.4 is 0 Å². The van der Waals surface area contributed by atoms with E-state index < -0.39 is 5.97 Å². The molecule has 106 valence electrons. The van der Waals surface area contributed by atoms with Crippen LogP contribution in [0.1, 0.15) is 46.5 Å². The molecule has 0 aromatic carbocycles. The summed E-state index contributed by atoms with van der Waals surface area (Å²) in [5.74, 6) is 0.206. The minimum atomic E-state index is -1.02. The van der Waals surface area contributed by atoms with E-state index in [0.29, 0.717) is 17.5 Å². The van der Waals surface area contributed by atoms with Crippen LogP contribution in [0.3, 0.4) is 0 Å². The van der Waals surface area contributed by atoms with Crippen molar-refractivity contribution in [2.24, 2.45) is 11.8 Å². The van der Waals surface area contributed by atoms with E-state index in [1.807, 2.05) is 4.90 Å². The smallest absolute Gasteiger partial charge is 0.337 e. The van der Waals surface area contributed by atoms with E-state index >= 15 is 0 Å². The van der Waals surface area contributed by atoms with E-state index in [2.05, 4.69) is 4.98 Å². The highest BCUT2D eigenvalue weighted by Gasteiger charge is 2.32. The number of carbonyl (C=O) groups excluding carboxylic acids is 1. The summed E-state index contributed by atoms with van der Waals surface area (Å²) >= 11 is 0. The van der Waals surface area contributed by atoms with Crippen molar-refractivity contribution in [3.8, 4) is 0 Å². The Morgan fingerprint density at radius 2 is 1.75 bits per heavy atom. The Hall–Kier alpha value is -1.91. The quantitative estimate of drug-likeness (QED) is 0.861. The molecule has 0 saturated heterocycles. The predicted molar refractivity (Wildman–Crippen MR) is 72.5 cm³/mol. The van der Waals surface area contributed by atoms with Gasteiger partial charge in [0.05, 0.1) is 5.56 Å². The standard InChI is InChI=1S/C15H18N2O3/c18-14(13-6-5-12(7-16-13)15(19)20)17(8-10-1-2-10)9-11-3-4-11/h5-7,10-11H,1-4,8-9H2,(H,19,20). The topological polar surface area (TPSA) is 70.5 Å². The SMILES string of the molecule is O=C(O)c1ccc(C(=O)N(CC2CC2)CC2CC2)nc1. The number of nitrogens with zero attached hydrogens (tertiary/aromatic N) is 2. The molecule has 5 heteroatoms. The summed E-state index contributed by atoms with van der Waals surface area (Å²) in [4.78, 5) is 29.2. The van der Waals surface area contributed by atoms with Crippen molar-refractivity contribution < 1.29 is 14.7 Å². The Bertz CT molecular complexity index is 504. The van der Waals surface area contributed by atoms with Gasteiger partial charge in [0.25, 0.3) is 5.91 Å². The van der Waals surface area contributed by atoms with Crippen molar-refractivity contribution in [2.45, 2.75) is 25.7 Å². The minimum Gasteiger partial charge on any atom is -0.478 e. The predicted octanol–water partition coefficient (Wildman–Crippen LogP) is 2.04. The average molecular weight is 274 g/mol. The summed E-state index contributed by atoms with van der Waals surface area (Å²) in [6.45, 7) is 1.63. The van der Waals surface area contributed by atoms with Crippen molar-refractivity contribution in [3.05, 3.63) is 29.6 Å². The number of carbonyl (C=O) groups is 2. The summed E-state index contributed by atoms with van der Waals surface area (Å²) < 4.78 is 0. The first-order valence-electron chi connectivity index (χ1n) is 7.12. The van der Waals surface area contributed by atoms with Crippen molar-refractivity contribution in [1.29, 1.82) is 0 Å². The average Bonchev–Trinajstić information content (AvgIpc) is 3.32. The zero-order valence-electron chi connectivity index (χ0n) is 11.3. The zero-order chi connectivity index (χ0) is 14.1. The van der Waals surface area contributed by atoms with E-state index in [9.17, 15) is 9.59 Å². The van der Waals surface area contributed by atoms with Gasteiger partial charge in [0, 0.05) is 19.3 Å². The second kappa shape index (κ2) is 5.23. The molecular weight excluding hydrogens is 256 g/mol. The van der Waals surface area contributed by atoms with Crippen LogP contribution in [0.5, 0.6) is 0 Å². The van der Waals surface area contributed by atoms with Gasteiger partial charge in [0.15, 0.2) is 0 Å². The van der Waals surface area contributed by atoms with Gasteiger partial charge < -0.3 is 10.0 Å². The highest BCUT2D eigenvalue weighted by Crippen LogP contribution is 2.34. The fraction of sp³-hybridized carbons (Fsp3) is 0.533. The number of rotatable bonds is 6. The first-order valence-corrected chi connectivity index (χ1v) is 7.12. The number of aromatic nitrogens is 1. The van der Waals surface area contributed by atoms with Gasteiger partial charge in [0.2, 0.25) is 0 Å². The highest BCUT2D eigenvalue weighted by atomic mass is 16.4. The Balaban J connectivity index is 1.71. The summed E-state index contributed by atoms with van der Waals surface area (Å²) in [5, 5.41) is 8.84. The van der Waals surface area contributed by atoms with E-state index in [-0.39, 0.29) is 11.5 Å². The van der Waals surface area contributed by atoms with Crippen LogP contribution in [-0.4, -0.2) is 40.0 Å². The van der Waals surface area contributed by atoms with Crippen LogP contribution in [0, 0.1) is 11.8 Å². The van der Waals surface area contributed by atoms with Gasteiger partial charge in [-0.15, -0.1) is 0 Å². The third-order valence-electron chi connectivity index (χ3n) is 3.87. The van der Waals surface area contributed by atoms with Crippen LogP contribution >= 0.6 is 0 Å². The Morgan fingerprint density at radius 3 is 2.15 bits per heavy atom. The normalized spacial score (nSPS) is 17.8. The molecule has 0 unspecified atom stereocenters. The first-order chi connectivity index (χ1) is 9.63. The lowest BCUT2D eigenvalue weighted by Gasteiger charge is -2.22. The molecule has 20 heavy (non-hydrogen) atoms. The van der Waals surface area contributed by atoms with Crippen LogP contribution in [0.15, 0.2) is 18.3 Å². The van der Waals surface area contributed by atoms with Gasteiger partial charge in [-0.3, -0.25) is 9.78 Å². The lowest BCUT2D eigenvalue weighted by molar-refractivity contribution is 0.0691. The van der Waals surface area contributed by atoms with Crippen LogP contribution in [-0.2, 0) is 0 Å². The molecule has 1 aromatic heterocycles. The van der Waals surface area contributed by atoms with Crippen molar-refractivity contribution in [1.82, 2.24) is 9.88 Å². The molecule has 0 radical (unpaired) electrons. The van der Waals surface area contributed by atoms with Crippen LogP contribution in [0.4, 0.5) is 0 Å². The third-order valence-corrected chi connectivity index (χ3v) is 3.87. The lowest BCUT2D eigenvalue weighted by atomic mass is 10.2. The molecule has 2 fully saturated rings. The van der Waals surface area contributed by atoms with Gasteiger partial charge >= 0.3 is 5.97 Å². The molecule has 5 nitrogen and oxygen atoms in total. The molecule has 0 bridgehead atoms. The molecule has 2 aliphatic carbocycles. The third kappa shape index (κ3) is 3.15. The number of carboxylic acid groups (broad SMARTS) is 1. The second-order valence-corrected chi connectivity index (χ2v) is 5.83. The summed E-state index contributed by atoms with van der Waals surface area (Å²) in [7, 11) is 0. The van der Waals surface area contributed by atoms with Crippen molar-refractivity contribution in [2.75, 3.05) is 13.1 Å². The maximum absolute atomic E-state index is 12.5. The maximum Gasteiger partial charge on any atom is 0.337 e. The molecule has 1 amide bonds. The molecule has 1 heterocycles. The number of aromatic carboxylic acids is 1. The largest absolute Gasteiger partial charge is 0.478 e. The molecule has 3 rings (SSSR count). The fourth-order valence-corrected chi connectivity index (χ4v) is 2.27. The highest BCUT2D eigenvalue weighted by molar-refractivity contribution is 5.93. The second-order valence-electron chi connectivity index (χ2n) is 5.83. The van der Waals surface area contributed by atoms with Crippen LogP contribution in [0.2, 0.25) is 0 Å². The molecule has 1 N–H and O–H groups in total. The molecule has 0 aliphatic heterocycles. The molecular formula is C15H18N2O3. The number of hydrogen-bond donors (Lipinski definition) is 1. The Morgan fingerprint density at radius 1 is 1.15 bits per heavy atom. The van der Waals surface area contributed by atoms with Crippen LogP contribution in [0.25, 0.3) is 0 Å². The number of hydrogen-bond acceptors (Lipinski definition) is 3. The van der Waals surface area contributed by atoms with Crippen molar-refractivity contribution in [3.63, 3.8) is 0 Å². The van der Waals surface area contributed by atoms with E-state index in [0.717, 1.165) is 13.1 Å². The zero-order valence-corrected chi connectivity index (χ0v) is 11.3. The van der Waals surface area contributed by atoms with Gasteiger partial charge in [-0.05, 0) is 49.7 Å². The summed E-state index contributed by atoms with van der Waals surface area (Å²) in [6, 6.07) is 2.95. The van der Waals surface area contributed by atoms with Gasteiger partial charge in [-0.25, -0.2) is 4.79 Å². The Kier molecular flexibility index (Phi) is 3.42. The van der Waals surface area contributed by atoms with Gasteiger partial charge in [-0.2, -0.15) is 0 Å². The Labute approximate surface area is 117 Å². The van der Waals surface area contributed by atoms with E-state index in [1.54, 1.807) is 0 Å². The maximum atomic E-state index is 12.5. The van der Waals surface area contributed by atoms with Gasteiger partial charge in [-0.1, -0.05) is 0 Å². The summed E-state index contributed by atoms with van der Waals surface area (Å²) in [5.41, 5.74) is 0.453. The first kappa shape index (κ1) is 13.1. The van der Waals surface area contributed by atoms with E-state index in [1.165, 1.54) is 44.0 Å². The molecule has 1 aromatic rings. The lowest BCUT2D eigenvalue weighted by Crippen LogP contribution is -2.35. The van der Waals surface area contributed by atoms with E-state index in [4.69, 9.17) is 5.11 Å². The molecule has 0 atom stereocenters.